The molecule has 138 valence electrons. The number of urea groups is 1. The van der Waals surface area contributed by atoms with E-state index in [4.69, 9.17) is 0 Å². The van der Waals surface area contributed by atoms with Crippen LogP contribution in [-0.4, -0.2) is 43.5 Å². The molecule has 2 N–H and O–H groups in total. The van der Waals surface area contributed by atoms with E-state index in [1.807, 2.05) is 0 Å². The van der Waals surface area contributed by atoms with Gasteiger partial charge < -0.3 is 20.3 Å². The van der Waals surface area contributed by atoms with Gasteiger partial charge in [0.2, 0.25) is 0 Å². The highest BCUT2D eigenvalue weighted by molar-refractivity contribution is 5.89. The van der Waals surface area contributed by atoms with Crippen LogP contribution in [0.5, 0.6) is 5.75 Å². The van der Waals surface area contributed by atoms with Crippen molar-refractivity contribution in [3.8, 4) is 5.75 Å². The highest BCUT2D eigenvalue weighted by Gasteiger charge is 2.36. The predicted octanol–water partition coefficient (Wildman–Crippen LogP) is 3.58. The minimum atomic E-state index is -4.72. The number of nitrogens with zero attached hydrogens (tertiary/aromatic N) is 1. The van der Waals surface area contributed by atoms with Crippen LogP contribution >= 0.6 is 0 Å². The number of likely N-dealkylation sites (tertiary alicyclic amines) is 1. The maximum absolute atomic E-state index is 12.3. The van der Waals surface area contributed by atoms with Crippen molar-refractivity contribution in [3.63, 3.8) is 0 Å². The third kappa shape index (κ3) is 4.78. The Hall–Kier alpha value is -1.96. The molecule has 3 rings (SSSR count). The van der Waals surface area contributed by atoms with Gasteiger partial charge in [-0.2, -0.15) is 0 Å². The molecule has 8 heteroatoms. The van der Waals surface area contributed by atoms with Crippen molar-refractivity contribution in [2.45, 2.75) is 32.0 Å². The molecule has 2 aliphatic rings. The van der Waals surface area contributed by atoms with Gasteiger partial charge in [0.15, 0.2) is 0 Å². The molecule has 0 atom stereocenters. The molecule has 0 radical (unpaired) electrons. The van der Waals surface area contributed by atoms with Crippen LogP contribution in [0.25, 0.3) is 0 Å². The summed E-state index contributed by atoms with van der Waals surface area (Å²) >= 11 is 0. The van der Waals surface area contributed by atoms with Gasteiger partial charge in [-0.25, -0.2) is 4.79 Å². The highest BCUT2D eigenvalue weighted by Crippen LogP contribution is 2.39. The second kappa shape index (κ2) is 7.11. The molecule has 0 unspecified atom stereocenters. The molecule has 0 aromatic heterocycles. The smallest absolute Gasteiger partial charge is 0.406 e. The van der Waals surface area contributed by atoms with Crippen LogP contribution < -0.4 is 15.4 Å². The summed E-state index contributed by atoms with van der Waals surface area (Å²) in [6.45, 7) is 3.50. The van der Waals surface area contributed by atoms with Crippen molar-refractivity contribution in [1.82, 2.24) is 10.2 Å². The predicted molar refractivity (Wildman–Crippen MR) is 87.5 cm³/mol. The Labute approximate surface area is 144 Å². The van der Waals surface area contributed by atoms with Gasteiger partial charge in [0.05, 0.1) is 0 Å². The van der Waals surface area contributed by atoms with E-state index in [2.05, 4.69) is 15.4 Å². The summed E-state index contributed by atoms with van der Waals surface area (Å²) in [6.07, 6.45) is -0.406. The normalized spacial score (nSPS) is 20.4. The number of piperidine rings is 2. The zero-order chi connectivity index (χ0) is 17.9. The van der Waals surface area contributed by atoms with E-state index in [0.717, 1.165) is 38.8 Å². The molecule has 2 fully saturated rings. The fourth-order valence-electron chi connectivity index (χ4n) is 3.58. The molecule has 5 nitrogen and oxygen atoms in total. The summed E-state index contributed by atoms with van der Waals surface area (Å²) in [5, 5.41) is 6.10. The van der Waals surface area contributed by atoms with Crippen LogP contribution in [0.2, 0.25) is 0 Å². The lowest BCUT2D eigenvalue weighted by atomic mass is 9.72. The van der Waals surface area contributed by atoms with E-state index in [9.17, 15) is 18.0 Å². The Kier molecular flexibility index (Phi) is 5.08. The molecular weight excluding hydrogens is 335 g/mol. The highest BCUT2D eigenvalue weighted by atomic mass is 19.4. The lowest BCUT2D eigenvalue weighted by molar-refractivity contribution is -0.274. The van der Waals surface area contributed by atoms with Crippen LogP contribution in [0.15, 0.2) is 24.3 Å². The first-order valence-electron chi connectivity index (χ1n) is 8.48. The third-order valence-electron chi connectivity index (χ3n) is 5.11. The van der Waals surface area contributed by atoms with Crippen molar-refractivity contribution in [3.05, 3.63) is 24.3 Å². The van der Waals surface area contributed by atoms with Gasteiger partial charge in [-0.15, -0.1) is 13.2 Å². The molecule has 0 aliphatic carbocycles. The van der Waals surface area contributed by atoms with E-state index in [1.165, 1.54) is 24.3 Å². The summed E-state index contributed by atoms with van der Waals surface area (Å²) in [7, 11) is 0. The van der Waals surface area contributed by atoms with Gasteiger partial charge in [0, 0.05) is 18.8 Å². The number of ether oxygens (including phenoxy) is 1. The summed E-state index contributed by atoms with van der Waals surface area (Å²) in [4.78, 5) is 14.1. The fourth-order valence-corrected chi connectivity index (χ4v) is 3.58. The lowest BCUT2D eigenvalue weighted by Crippen LogP contribution is -2.48. The van der Waals surface area contributed by atoms with Crippen LogP contribution in [0.4, 0.5) is 23.7 Å². The summed E-state index contributed by atoms with van der Waals surface area (Å²) in [6, 6.07) is 4.95. The summed E-state index contributed by atoms with van der Waals surface area (Å²) < 4.78 is 40.2. The first kappa shape index (κ1) is 17.8. The number of carbonyl (C=O) groups is 1. The molecule has 0 saturated carbocycles. The Balaban J connectivity index is 1.51. The Morgan fingerprint density at radius 3 is 2.24 bits per heavy atom. The number of nitrogens with one attached hydrogen (secondary N) is 2. The molecule has 2 heterocycles. The van der Waals surface area contributed by atoms with E-state index in [1.54, 1.807) is 4.90 Å². The van der Waals surface area contributed by atoms with Gasteiger partial charge in [-0.1, -0.05) is 0 Å². The second-order valence-corrected chi connectivity index (χ2v) is 6.74. The number of halogens is 3. The first-order chi connectivity index (χ1) is 11.9. The van der Waals surface area contributed by atoms with E-state index >= 15 is 0 Å². The molecule has 0 bridgehead atoms. The maximum Gasteiger partial charge on any atom is 0.573 e. The monoisotopic (exact) mass is 357 g/mol. The number of anilines is 1. The standard InChI is InChI=1S/C17H22F3N3O2/c18-17(19,20)25-14-3-1-13(2-4-14)22-15(24)23-11-7-16(8-12-23)5-9-21-10-6-16/h1-4,21H,5-12H2,(H,22,24). The number of alkyl halides is 3. The number of hydrogen-bond acceptors (Lipinski definition) is 3. The van der Waals surface area contributed by atoms with Crippen LogP contribution in [0, 0.1) is 5.41 Å². The zero-order valence-corrected chi connectivity index (χ0v) is 13.9. The number of hydrogen-bond donors (Lipinski definition) is 2. The SMILES string of the molecule is O=C(Nc1ccc(OC(F)(F)F)cc1)N1CCC2(CCNCC2)CC1. The van der Waals surface area contributed by atoms with Crippen LogP contribution in [0.1, 0.15) is 25.7 Å². The maximum atomic E-state index is 12.3. The van der Waals surface area contributed by atoms with Gasteiger partial charge in [-0.3, -0.25) is 0 Å². The summed E-state index contributed by atoms with van der Waals surface area (Å²) in [5.74, 6) is -0.309. The average molecular weight is 357 g/mol. The van der Waals surface area contributed by atoms with Gasteiger partial charge in [0.25, 0.3) is 0 Å². The Bertz CT molecular complexity index is 588. The van der Waals surface area contributed by atoms with Crippen molar-refractivity contribution in [2.24, 2.45) is 5.41 Å². The molecule has 2 saturated heterocycles. The first-order valence-corrected chi connectivity index (χ1v) is 8.48. The Morgan fingerprint density at radius 2 is 1.68 bits per heavy atom. The molecule has 1 aromatic carbocycles. The van der Waals surface area contributed by atoms with Gasteiger partial charge in [-0.05, 0) is 68.5 Å². The van der Waals surface area contributed by atoms with Crippen LogP contribution in [-0.2, 0) is 0 Å². The molecule has 2 amide bonds. The number of carbonyl (C=O) groups excluding carboxylic acids is 1. The fraction of sp³-hybridized carbons (Fsp3) is 0.588. The number of benzene rings is 1. The Morgan fingerprint density at radius 1 is 1.08 bits per heavy atom. The van der Waals surface area contributed by atoms with Crippen molar-refractivity contribution < 1.29 is 22.7 Å². The minimum Gasteiger partial charge on any atom is -0.406 e. The van der Waals surface area contributed by atoms with Gasteiger partial charge >= 0.3 is 12.4 Å². The van der Waals surface area contributed by atoms with Crippen molar-refractivity contribution in [2.75, 3.05) is 31.5 Å². The lowest BCUT2D eigenvalue weighted by Gasteiger charge is -2.44. The summed E-state index contributed by atoms with van der Waals surface area (Å²) in [5.41, 5.74) is 0.806. The quantitative estimate of drug-likeness (QED) is 0.851. The molecule has 25 heavy (non-hydrogen) atoms. The third-order valence-corrected chi connectivity index (χ3v) is 5.11. The van der Waals surface area contributed by atoms with Crippen LogP contribution in [0.3, 0.4) is 0 Å². The number of rotatable bonds is 2. The topological polar surface area (TPSA) is 53.6 Å². The van der Waals surface area contributed by atoms with E-state index < -0.39 is 6.36 Å². The molecule has 2 aliphatic heterocycles. The number of amides is 2. The van der Waals surface area contributed by atoms with E-state index in [-0.39, 0.29) is 11.8 Å². The average Bonchev–Trinajstić information content (AvgIpc) is 2.57. The molecular formula is C17H22F3N3O2. The zero-order valence-electron chi connectivity index (χ0n) is 13.9. The van der Waals surface area contributed by atoms with Gasteiger partial charge in [0.1, 0.15) is 5.75 Å². The largest absolute Gasteiger partial charge is 0.573 e. The molecule has 1 spiro atoms. The molecule has 1 aromatic rings. The second-order valence-electron chi connectivity index (χ2n) is 6.74. The van der Waals surface area contributed by atoms with Crippen molar-refractivity contribution in [1.29, 1.82) is 0 Å². The minimum absolute atomic E-state index is 0.215. The van der Waals surface area contributed by atoms with E-state index in [0.29, 0.717) is 24.2 Å². The van der Waals surface area contributed by atoms with Crippen molar-refractivity contribution >= 4 is 11.7 Å².